The Labute approximate surface area is 98.8 Å². The standard InChI is InChI=1S/C11H15N3OS/c1-3-9-11(16-14-13-9)10(12-2)6-8-4-5-15-7-8/h4-5,7,10,12H,3,6H2,1-2H3. The molecule has 0 bridgehead atoms. The number of aromatic nitrogens is 2. The van der Waals surface area contributed by atoms with Crippen molar-refractivity contribution in [2.75, 3.05) is 7.05 Å². The van der Waals surface area contributed by atoms with E-state index >= 15 is 0 Å². The van der Waals surface area contributed by atoms with Gasteiger partial charge in [0.15, 0.2) is 0 Å². The minimum Gasteiger partial charge on any atom is -0.472 e. The number of rotatable bonds is 5. The van der Waals surface area contributed by atoms with Crippen molar-refractivity contribution in [3.05, 3.63) is 34.7 Å². The Morgan fingerprint density at radius 1 is 1.56 bits per heavy atom. The molecule has 0 aliphatic carbocycles. The van der Waals surface area contributed by atoms with E-state index in [-0.39, 0.29) is 6.04 Å². The summed E-state index contributed by atoms with van der Waals surface area (Å²) in [5.74, 6) is 0. The van der Waals surface area contributed by atoms with Gasteiger partial charge in [0.25, 0.3) is 0 Å². The molecule has 4 nitrogen and oxygen atoms in total. The van der Waals surface area contributed by atoms with Crippen LogP contribution in [0.1, 0.15) is 29.1 Å². The van der Waals surface area contributed by atoms with Crippen LogP contribution in [0.15, 0.2) is 23.0 Å². The van der Waals surface area contributed by atoms with Gasteiger partial charge in [-0.25, -0.2) is 0 Å². The Morgan fingerprint density at radius 2 is 2.44 bits per heavy atom. The molecule has 16 heavy (non-hydrogen) atoms. The fourth-order valence-electron chi connectivity index (χ4n) is 1.70. The molecule has 1 atom stereocenters. The second kappa shape index (κ2) is 5.23. The molecular weight excluding hydrogens is 222 g/mol. The molecule has 0 fully saturated rings. The van der Waals surface area contributed by atoms with Crippen molar-refractivity contribution in [3.63, 3.8) is 0 Å². The van der Waals surface area contributed by atoms with Gasteiger partial charge in [-0.1, -0.05) is 11.4 Å². The van der Waals surface area contributed by atoms with E-state index in [0.29, 0.717) is 0 Å². The van der Waals surface area contributed by atoms with Gasteiger partial charge >= 0.3 is 0 Å². The molecular formula is C11H15N3OS. The summed E-state index contributed by atoms with van der Waals surface area (Å²) in [4.78, 5) is 1.23. The summed E-state index contributed by atoms with van der Waals surface area (Å²) < 4.78 is 9.10. The first-order valence-electron chi connectivity index (χ1n) is 5.34. The first-order valence-corrected chi connectivity index (χ1v) is 6.12. The van der Waals surface area contributed by atoms with Gasteiger partial charge in [-0.05, 0) is 43.1 Å². The lowest BCUT2D eigenvalue weighted by molar-refractivity contribution is 0.552. The summed E-state index contributed by atoms with van der Waals surface area (Å²) in [6.45, 7) is 2.10. The van der Waals surface area contributed by atoms with Crippen LogP contribution in [0.25, 0.3) is 0 Å². The summed E-state index contributed by atoms with van der Waals surface area (Å²) >= 11 is 1.47. The Hall–Kier alpha value is -1.20. The molecule has 0 saturated heterocycles. The number of hydrogen-bond donors (Lipinski definition) is 1. The zero-order valence-corrected chi connectivity index (χ0v) is 10.3. The maximum Gasteiger partial charge on any atom is 0.0935 e. The highest BCUT2D eigenvalue weighted by Crippen LogP contribution is 2.24. The lowest BCUT2D eigenvalue weighted by atomic mass is 10.1. The molecule has 2 heterocycles. The first kappa shape index (κ1) is 11.3. The number of furan rings is 1. The highest BCUT2D eigenvalue weighted by molar-refractivity contribution is 7.05. The molecule has 1 unspecified atom stereocenters. The van der Waals surface area contributed by atoms with Gasteiger partial charge in [0, 0.05) is 6.04 Å². The first-order chi connectivity index (χ1) is 7.85. The van der Waals surface area contributed by atoms with Crippen LogP contribution in [0.2, 0.25) is 0 Å². The normalized spacial score (nSPS) is 12.9. The molecule has 86 valence electrons. The minimum atomic E-state index is 0.271. The van der Waals surface area contributed by atoms with Gasteiger partial charge in [-0.15, -0.1) is 5.10 Å². The van der Waals surface area contributed by atoms with Crippen LogP contribution in [0.4, 0.5) is 0 Å². The van der Waals surface area contributed by atoms with Crippen LogP contribution in [-0.4, -0.2) is 16.6 Å². The maximum atomic E-state index is 5.08. The second-order valence-corrected chi connectivity index (χ2v) is 4.40. The Morgan fingerprint density at radius 3 is 3.06 bits per heavy atom. The molecule has 0 aliphatic heterocycles. The molecule has 2 aromatic heterocycles. The summed E-state index contributed by atoms with van der Waals surface area (Å²) in [5, 5.41) is 7.44. The van der Waals surface area contributed by atoms with Gasteiger partial charge in [-0.3, -0.25) is 0 Å². The van der Waals surface area contributed by atoms with E-state index in [9.17, 15) is 0 Å². The van der Waals surface area contributed by atoms with Crippen molar-refractivity contribution in [2.45, 2.75) is 25.8 Å². The lowest BCUT2D eigenvalue weighted by Crippen LogP contribution is -2.18. The van der Waals surface area contributed by atoms with E-state index in [4.69, 9.17) is 4.42 Å². The quantitative estimate of drug-likeness (QED) is 0.866. The number of nitrogens with one attached hydrogen (secondary N) is 1. The van der Waals surface area contributed by atoms with Gasteiger partial charge in [0.1, 0.15) is 0 Å². The summed E-state index contributed by atoms with van der Waals surface area (Å²) in [6.07, 6.45) is 5.32. The highest BCUT2D eigenvalue weighted by Gasteiger charge is 2.17. The fourth-order valence-corrected chi connectivity index (χ4v) is 2.54. The van der Waals surface area contributed by atoms with E-state index < -0.39 is 0 Å². The van der Waals surface area contributed by atoms with E-state index in [2.05, 4.69) is 21.8 Å². The zero-order chi connectivity index (χ0) is 11.4. The Balaban J connectivity index is 2.16. The zero-order valence-electron chi connectivity index (χ0n) is 9.43. The van der Waals surface area contributed by atoms with Gasteiger partial charge in [0.2, 0.25) is 0 Å². The summed E-state index contributed by atoms with van der Waals surface area (Å²) in [6, 6.07) is 2.26. The Kier molecular flexibility index (Phi) is 3.69. The molecule has 0 aromatic carbocycles. The average Bonchev–Trinajstić information content (AvgIpc) is 2.96. The summed E-state index contributed by atoms with van der Waals surface area (Å²) in [5.41, 5.74) is 2.28. The van der Waals surface area contributed by atoms with E-state index in [1.807, 2.05) is 13.1 Å². The van der Waals surface area contributed by atoms with Gasteiger partial charge in [0.05, 0.1) is 23.1 Å². The predicted molar refractivity (Wildman–Crippen MR) is 63.5 cm³/mol. The average molecular weight is 237 g/mol. The molecule has 0 amide bonds. The van der Waals surface area contributed by atoms with Crippen molar-refractivity contribution in [1.82, 2.24) is 14.9 Å². The Bertz CT molecular complexity index is 424. The topological polar surface area (TPSA) is 51.0 Å². The minimum absolute atomic E-state index is 0.271. The third-order valence-electron chi connectivity index (χ3n) is 2.60. The van der Waals surface area contributed by atoms with Crippen molar-refractivity contribution < 1.29 is 4.42 Å². The highest BCUT2D eigenvalue weighted by atomic mass is 32.1. The molecule has 0 spiro atoms. The SMILES string of the molecule is CCc1nnsc1C(Cc1ccoc1)NC. The van der Waals surface area contributed by atoms with Crippen LogP contribution >= 0.6 is 11.5 Å². The van der Waals surface area contributed by atoms with E-state index in [0.717, 1.165) is 18.5 Å². The molecule has 2 aromatic rings. The van der Waals surface area contributed by atoms with Crippen LogP contribution < -0.4 is 5.32 Å². The van der Waals surface area contributed by atoms with Crippen molar-refractivity contribution in [3.8, 4) is 0 Å². The third-order valence-corrected chi connectivity index (χ3v) is 3.49. The number of aryl methyl sites for hydroxylation is 1. The van der Waals surface area contributed by atoms with Crippen molar-refractivity contribution >= 4 is 11.5 Å². The van der Waals surface area contributed by atoms with Gasteiger partial charge in [-0.2, -0.15) is 0 Å². The van der Waals surface area contributed by atoms with E-state index in [1.165, 1.54) is 22.0 Å². The largest absolute Gasteiger partial charge is 0.472 e. The number of likely N-dealkylation sites (N-methyl/N-ethyl adjacent to an activating group) is 1. The fraction of sp³-hybridized carbons (Fsp3) is 0.455. The second-order valence-electron chi connectivity index (χ2n) is 3.61. The molecule has 2 rings (SSSR count). The van der Waals surface area contributed by atoms with Crippen LogP contribution in [0.3, 0.4) is 0 Å². The predicted octanol–water partition coefficient (Wildman–Crippen LogP) is 2.20. The van der Waals surface area contributed by atoms with Crippen LogP contribution in [0.5, 0.6) is 0 Å². The maximum absolute atomic E-state index is 5.08. The summed E-state index contributed by atoms with van der Waals surface area (Å²) in [7, 11) is 1.96. The van der Waals surface area contributed by atoms with Crippen LogP contribution in [0, 0.1) is 0 Å². The number of hydrogen-bond acceptors (Lipinski definition) is 5. The van der Waals surface area contributed by atoms with Gasteiger partial charge < -0.3 is 9.73 Å². The van der Waals surface area contributed by atoms with E-state index in [1.54, 1.807) is 12.5 Å². The lowest BCUT2D eigenvalue weighted by Gasteiger charge is -2.13. The molecule has 0 aliphatic rings. The van der Waals surface area contributed by atoms with Crippen molar-refractivity contribution in [1.29, 1.82) is 0 Å². The molecule has 5 heteroatoms. The molecule has 1 N–H and O–H groups in total. The van der Waals surface area contributed by atoms with Crippen LogP contribution in [-0.2, 0) is 12.8 Å². The smallest absolute Gasteiger partial charge is 0.0935 e. The van der Waals surface area contributed by atoms with Crippen molar-refractivity contribution in [2.24, 2.45) is 0 Å². The monoisotopic (exact) mass is 237 g/mol. The number of nitrogens with zero attached hydrogens (tertiary/aromatic N) is 2. The molecule has 0 saturated carbocycles. The molecule has 0 radical (unpaired) electrons. The third kappa shape index (κ3) is 2.31.